The lowest BCUT2D eigenvalue weighted by Gasteiger charge is -2.18. The summed E-state index contributed by atoms with van der Waals surface area (Å²) in [7, 11) is 0. The number of hydrogen-bond donors (Lipinski definition) is 6. The highest BCUT2D eigenvalue weighted by Gasteiger charge is 2.27. The predicted octanol–water partition coefficient (Wildman–Crippen LogP) is -2.61. The minimum Gasteiger partial charge on any atom is -0.481 e. The molecule has 0 aliphatic carbocycles. The summed E-state index contributed by atoms with van der Waals surface area (Å²) in [5.41, 5.74) is 10.5. The molecule has 10 nitrogen and oxygen atoms in total. The highest BCUT2D eigenvalue weighted by atomic mass is 16.4. The first-order chi connectivity index (χ1) is 11.6. The van der Waals surface area contributed by atoms with Crippen molar-refractivity contribution in [3.8, 4) is 0 Å². The van der Waals surface area contributed by atoms with Gasteiger partial charge in [-0.2, -0.15) is 0 Å². The minimum absolute atomic E-state index is 0.116. The lowest BCUT2D eigenvalue weighted by Crippen LogP contribution is -2.41. The second-order valence-electron chi connectivity index (χ2n) is 6.06. The number of amides is 1. The average molecular weight is 361 g/mol. The summed E-state index contributed by atoms with van der Waals surface area (Å²) in [5.74, 6) is -4.52. The fourth-order valence-electron chi connectivity index (χ4n) is 2.25. The summed E-state index contributed by atoms with van der Waals surface area (Å²) in [6, 6.07) is -1.01. The Morgan fingerprint density at radius 1 is 1.12 bits per heavy atom. The van der Waals surface area contributed by atoms with Crippen molar-refractivity contribution in [1.82, 2.24) is 5.32 Å². The van der Waals surface area contributed by atoms with Crippen LogP contribution < -0.4 is 16.8 Å². The van der Waals surface area contributed by atoms with E-state index in [0.717, 1.165) is 0 Å². The molecule has 1 unspecified atom stereocenters. The second kappa shape index (κ2) is 11.6. The zero-order valence-corrected chi connectivity index (χ0v) is 14.2. The van der Waals surface area contributed by atoms with Crippen molar-refractivity contribution in [2.24, 2.45) is 23.3 Å². The van der Waals surface area contributed by atoms with Gasteiger partial charge in [-0.1, -0.05) is 0 Å². The predicted molar refractivity (Wildman–Crippen MR) is 87.3 cm³/mol. The van der Waals surface area contributed by atoms with Gasteiger partial charge in [0.15, 0.2) is 5.78 Å². The molecule has 0 heterocycles. The number of Topliss-reactive ketones (excluding diaryl/α,β-unsaturated/α-hetero) is 2. The molecule has 0 aliphatic heterocycles. The van der Waals surface area contributed by atoms with E-state index in [9.17, 15) is 24.3 Å². The summed E-state index contributed by atoms with van der Waals surface area (Å²) in [6.45, 7) is 0.770. The van der Waals surface area contributed by atoms with E-state index >= 15 is 0 Å². The number of aliphatic hydroxyl groups is 2. The van der Waals surface area contributed by atoms with Crippen LogP contribution in [-0.4, -0.2) is 70.6 Å². The molecule has 25 heavy (non-hydrogen) atoms. The number of hydrogen-bond acceptors (Lipinski definition) is 8. The van der Waals surface area contributed by atoms with Crippen molar-refractivity contribution in [2.75, 3.05) is 19.7 Å². The van der Waals surface area contributed by atoms with Crippen LogP contribution in [0.15, 0.2) is 0 Å². The largest absolute Gasteiger partial charge is 0.481 e. The van der Waals surface area contributed by atoms with E-state index < -0.39 is 54.0 Å². The molecule has 0 radical (unpaired) electrons. The zero-order valence-electron chi connectivity index (χ0n) is 14.2. The Balaban J connectivity index is 4.61. The van der Waals surface area contributed by atoms with E-state index in [4.69, 9.17) is 21.7 Å². The van der Waals surface area contributed by atoms with Gasteiger partial charge in [0.2, 0.25) is 5.91 Å². The van der Waals surface area contributed by atoms with E-state index in [1.54, 1.807) is 0 Å². The van der Waals surface area contributed by atoms with E-state index in [2.05, 4.69) is 5.32 Å². The summed E-state index contributed by atoms with van der Waals surface area (Å²) < 4.78 is 0. The van der Waals surface area contributed by atoms with Gasteiger partial charge >= 0.3 is 5.97 Å². The number of primary amides is 1. The highest BCUT2D eigenvalue weighted by molar-refractivity contribution is 5.86. The van der Waals surface area contributed by atoms with Gasteiger partial charge in [0.1, 0.15) is 5.78 Å². The van der Waals surface area contributed by atoms with Crippen molar-refractivity contribution in [1.29, 1.82) is 0 Å². The Morgan fingerprint density at radius 2 is 1.72 bits per heavy atom. The van der Waals surface area contributed by atoms with Crippen LogP contribution >= 0.6 is 0 Å². The maximum atomic E-state index is 12.0. The molecule has 0 saturated carbocycles. The Hall–Kier alpha value is -1.88. The number of carboxylic acids is 1. The molecule has 0 aromatic rings. The fourth-order valence-corrected chi connectivity index (χ4v) is 2.25. The molecule has 4 atom stereocenters. The molecule has 0 aliphatic rings. The number of carboxylic acid groups (broad SMARTS) is 1. The summed E-state index contributed by atoms with van der Waals surface area (Å²) in [4.78, 5) is 45.6. The van der Waals surface area contributed by atoms with Gasteiger partial charge in [0, 0.05) is 19.3 Å². The molecule has 1 amide bonds. The van der Waals surface area contributed by atoms with Crippen molar-refractivity contribution in [2.45, 2.75) is 38.3 Å². The maximum Gasteiger partial charge on any atom is 0.309 e. The number of carbonyl (C=O) groups excluding carboxylic acids is 3. The van der Waals surface area contributed by atoms with Crippen molar-refractivity contribution >= 4 is 23.4 Å². The monoisotopic (exact) mass is 361 g/mol. The van der Waals surface area contributed by atoms with Gasteiger partial charge in [-0.25, -0.2) is 0 Å². The van der Waals surface area contributed by atoms with Crippen LogP contribution in [0.1, 0.15) is 26.2 Å². The molecule has 0 aromatic heterocycles. The van der Waals surface area contributed by atoms with Crippen molar-refractivity contribution < 1.29 is 34.5 Å². The lowest BCUT2D eigenvalue weighted by atomic mass is 9.91. The Labute approximate surface area is 145 Å². The smallest absolute Gasteiger partial charge is 0.309 e. The van der Waals surface area contributed by atoms with E-state index in [0.29, 0.717) is 0 Å². The first-order valence-corrected chi connectivity index (χ1v) is 7.89. The number of nitrogens with one attached hydrogen (secondary N) is 1. The summed E-state index contributed by atoms with van der Waals surface area (Å²) in [6.07, 6.45) is -1.79. The Kier molecular flexibility index (Phi) is 10.8. The molecule has 10 heteroatoms. The van der Waals surface area contributed by atoms with Crippen LogP contribution in [0.2, 0.25) is 0 Å². The second-order valence-corrected chi connectivity index (χ2v) is 6.06. The zero-order chi connectivity index (χ0) is 19.6. The molecule has 0 rings (SSSR count). The van der Waals surface area contributed by atoms with Crippen LogP contribution in [0.5, 0.6) is 0 Å². The van der Waals surface area contributed by atoms with Gasteiger partial charge in [-0.3, -0.25) is 19.2 Å². The van der Waals surface area contributed by atoms with Gasteiger partial charge < -0.3 is 32.1 Å². The van der Waals surface area contributed by atoms with Crippen LogP contribution in [0.25, 0.3) is 0 Å². The fraction of sp³-hybridized carbons (Fsp3) is 0.733. The third kappa shape index (κ3) is 9.87. The quantitative estimate of drug-likeness (QED) is 0.192. The number of ketones is 2. The van der Waals surface area contributed by atoms with Gasteiger partial charge in [0.05, 0.1) is 31.2 Å². The highest BCUT2D eigenvalue weighted by Crippen LogP contribution is 2.16. The maximum absolute atomic E-state index is 12.0. The minimum atomic E-state index is -1.28. The Bertz CT molecular complexity index is 482. The normalized spacial score (nSPS) is 15.8. The molecule has 0 aromatic carbocycles. The van der Waals surface area contributed by atoms with E-state index in [-0.39, 0.29) is 32.4 Å². The lowest BCUT2D eigenvalue weighted by molar-refractivity contribution is -0.147. The van der Waals surface area contributed by atoms with Crippen molar-refractivity contribution in [3.05, 3.63) is 0 Å². The SMILES string of the molecule is CC(O)[C@H](CC(=O)C[C@H](CNCC(=O)[C@@H](N)CO)CC(N)=O)C(=O)O. The number of aliphatic carboxylic acids is 1. The number of carbonyl (C=O) groups is 4. The van der Waals surface area contributed by atoms with Gasteiger partial charge in [0.25, 0.3) is 0 Å². The molecule has 0 fully saturated rings. The first kappa shape index (κ1) is 23.1. The van der Waals surface area contributed by atoms with Gasteiger partial charge in [-0.15, -0.1) is 0 Å². The van der Waals surface area contributed by atoms with Crippen LogP contribution in [0.3, 0.4) is 0 Å². The van der Waals surface area contributed by atoms with E-state index in [1.165, 1.54) is 6.92 Å². The summed E-state index contributed by atoms with van der Waals surface area (Å²) in [5, 5.41) is 29.9. The van der Waals surface area contributed by atoms with E-state index in [1.807, 2.05) is 0 Å². The molecule has 0 bridgehead atoms. The molecular weight excluding hydrogens is 334 g/mol. The molecule has 0 spiro atoms. The third-order valence-electron chi connectivity index (χ3n) is 3.70. The summed E-state index contributed by atoms with van der Waals surface area (Å²) >= 11 is 0. The van der Waals surface area contributed by atoms with Crippen LogP contribution in [0.4, 0.5) is 0 Å². The average Bonchev–Trinajstić information content (AvgIpc) is 2.50. The third-order valence-corrected chi connectivity index (χ3v) is 3.70. The number of aliphatic hydroxyl groups excluding tert-OH is 2. The molecule has 8 N–H and O–H groups in total. The first-order valence-electron chi connectivity index (χ1n) is 7.89. The standard InChI is InChI=1S/C15H27N3O7/c1-8(20)11(15(24)25)4-10(21)2-9(3-14(17)23)5-18-6-13(22)12(16)7-19/h8-9,11-12,18-20H,2-7,16H2,1H3,(H2,17,23)(H,24,25)/t8?,9-,11-,12-/m0/s1. The molecule has 0 saturated heterocycles. The van der Waals surface area contributed by atoms with Crippen molar-refractivity contribution in [3.63, 3.8) is 0 Å². The van der Waals surface area contributed by atoms with Crippen LogP contribution in [0, 0.1) is 11.8 Å². The number of rotatable bonds is 14. The molecule has 144 valence electrons. The topological polar surface area (TPSA) is 193 Å². The van der Waals surface area contributed by atoms with Crippen LogP contribution in [-0.2, 0) is 19.2 Å². The number of nitrogens with two attached hydrogens (primary N) is 2. The Morgan fingerprint density at radius 3 is 2.16 bits per heavy atom. The van der Waals surface area contributed by atoms with Gasteiger partial charge in [-0.05, 0) is 19.4 Å². The molecular formula is C15H27N3O7.